The molecule has 4 unspecified atom stereocenters. The number of aromatic nitrogens is 1. The Labute approximate surface area is 120 Å². The number of likely N-dealkylation sites (tertiary alicyclic amines) is 1. The maximum Gasteiger partial charge on any atom is 0.0900 e. The first-order chi connectivity index (χ1) is 9.06. The van der Waals surface area contributed by atoms with Gasteiger partial charge in [0.05, 0.1) is 10.7 Å². The highest BCUT2D eigenvalue weighted by Crippen LogP contribution is 2.40. The molecule has 1 aromatic rings. The van der Waals surface area contributed by atoms with E-state index in [1.165, 1.54) is 47.9 Å². The zero-order valence-corrected chi connectivity index (χ0v) is 13.0. The molecule has 0 spiro atoms. The predicted octanol–water partition coefficient (Wildman–Crippen LogP) is 2.88. The van der Waals surface area contributed by atoms with Crippen molar-refractivity contribution in [2.24, 2.45) is 17.6 Å². The Balaban J connectivity index is 1.75. The van der Waals surface area contributed by atoms with Crippen LogP contribution in [0.25, 0.3) is 0 Å². The van der Waals surface area contributed by atoms with Gasteiger partial charge in [-0.15, -0.1) is 11.3 Å². The highest BCUT2D eigenvalue weighted by atomic mass is 32.1. The lowest BCUT2D eigenvalue weighted by Crippen LogP contribution is -2.38. The molecule has 0 radical (unpaired) electrons. The molecule has 1 saturated heterocycles. The Kier molecular flexibility index (Phi) is 3.67. The van der Waals surface area contributed by atoms with Crippen LogP contribution in [0, 0.1) is 25.7 Å². The second kappa shape index (κ2) is 5.15. The van der Waals surface area contributed by atoms with Gasteiger partial charge in [-0.1, -0.05) is 6.42 Å². The van der Waals surface area contributed by atoms with Gasteiger partial charge in [0.25, 0.3) is 0 Å². The molecule has 2 fully saturated rings. The van der Waals surface area contributed by atoms with Crippen molar-refractivity contribution in [3.05, 3.63) is 15.6 Å². The zero-order chi connectivity index (χ0) is 13.6. The van der Waals surface area contributed by atoms with Crippen LogP contribution in [-0.2, 0) is 0 Å². The Bertz CT molecular complexity index is 456. The van der Waals surface area contributed by atoms with Crippen LogP contribution in [0.4, 0.5) is 0 Å². The summed E-state index contributed by atoms with van der Waals surface area (Å²) < 4.78 is 0. The van der Waals surface area contributed by atoms with E-state index < -0.39 is 0 Å². The topological polar surface area (TPSA) is 42.2 Å². The SMILES string of the molecule is Cc1nc(C)c(C(C)N2CC3CCCC(N)C3C2)s1. The van der Waals surface area contributed by atoms with Gasteiger partial charge in [-0.3, -0.25) is 4.90 Å². The lowest BCUT2D eigenvalue weighted by molar-refractivity contribution is 0.247. The molecule has 0 aromatic carbocycles. The quantitative estimate of drug-likeness (QED) is 0.905. The standard InChI is InChI=1S/C15H25N3S/c1-9-15(19-11(3)17-9)10(2)18-7-12-5-4-6-14(16)13(12)8-18/h10,12-14H,4-8,16H2,1-3H3. The van der Waals surface area contributed by atoms with E-state index in [1.807, 2.05) is 11.3 Å². The summed E-state index contributed by atoms with van der Waals surface area (Å²) in [4.78, 5) is 8.66. The monoisotopic (exact) mass is 279 g/mol. The third kappa shape index (κ3) is 2.46. The predicted molar refractivity (Wildman–Crippen MR) is 80.4 cm³/mol. The Morgan fingerprint density at radius 3 is 2.74 bits per heavy atom. The Morgan fingerprint density at radius 2 is 2.11 bits per heavy atom. The normalized spacial score (nSPS) is 33.4. The molecule has 3 rings (SSSR count). The average molecular weight is 279 g/mol. The molecule has 1 aromatic heterocycles. The number of fused-ring (bicyclic) bond motifs is 1. The third-order valence-electron chi connectivity index (χ3n) is 5.05. The van der Waals surface area contributed by atoms with Gasteiger partial charge in [-0.05, 0) is 45.4 Å². The van der Waals surface area contributed by atoms with Crippen molar-refractivity contribution < 1.29 is 0 Å². The minimum Gasteiger partial charge on any atom is -0.327 e. The first-order valence-electron chi connectivity index (χ1n) is 7.50. The van der Waals surface area contributed by atoms with Crippen molar-refractivity contribution in [1.29, 1.82) is 0 Å². The van der Waals surface area contributed by atoms with Gasteiger partial charge in [-0.25, -0.2) is 4.98 Å². The molecule has 106 valence electrons. The molecule has 2 N–H and O–H groups in total. The highest BCUT2D eigenvalue weighted by molar-refractivity contribution is 7.11. The lowest BCUT2D eigenvalue weighted by atomic mass is 9.78. The van der Waals surface area contributed by atoms with Crippen molar-refractivity contribution in [3.63, 3.8) is 0 Å². The minimum atomic E-state index is 0.431. The first-order valence-corrected chi connectivity index (χ1v) is 8.31. The second-order valence-electron chi connectivity index (χ2n) is 6.33. The van der Waals surface area contributed by atoms with E-state index in [2.05, 4.69) is 30.7 Å². The van der Waals surface area contributed by atoms with Crippen LogP contribution < -0.4 is 5.73 Å². The fourth-order valence-electron chi connectivity index (χ4n) is 3.97. The molecule has 4 atom stereocenters. The largest absolute Gasteiger partial charge is 0.327 e. The van der Waals surface area contributed by atoms with E-state index in [0.29, 0.717) is 12.1 Å². The number of rotatable bonds is 2. The molecule has 1 aliphatic heterocycles. The maximum atomic E-state index is 6.32. The summed E-state index contributed by atoms with van der Waals surface area (Å²) in [5.74, 6) is 1.56. The molecule has 1 aliphatic carbocycles. The van der Waals surface area contributed by atoms with Gasteiger partial charge in [-0.2, -0.15) is 0 Å². The molecule has 2 heterocycles. The lowest BCUT2D eigenvalue weighted by Gasteiger charge is -2.30. The van der Waals surface area contributed by atoms with Gasteiger partial charge >= 0.3 is 0 Å². The van der Waals surface area contributed by atoms with E-state index in [9.17, 15) is 0 Å². The van der Waals surface area contributed by atoms with Crippen LogP contribution in [0.1, 0.15) is 47.8 Å². The van der Waals surface area contributed by atoms with Crippen molar-refractivity contribution in [1.82, 2.24) is 9.88 Å². The van der Waals surface area contributed by atoms with Crippen molar-refractivity contribution >= 4 is 11.3 Å². The molecular weight excluding hydrogens is 254 g/mol. The maximum absolute atomic E-state index is 6.32. The first kappa shape index (κ1) is 13.5. The van der Waals surface area contributed by atoms with Crippen LogP contribution in [0.2, 0.25) is 0 Å². The molecule has 4 heteroatoms. The fraction of sp³-hybridized carbons (Fsp3) is 0.800. The molecule has 3 nitrogen and oxygen atoms in total. The van der Waals surface area contributed by atoms with Crippen LogP contribution >= 0.6 is 11.3 Å². The fourth-order valence-corrected chi connectivity index (χ4v) is 4.98. The number of thiazole rings is 1. The molecule has 19 heavy (non-hydrogen) atoms. The molecule has 1 saturated carbocycles. The number of hydrogen-bond donors (Lipinski definition) is 1. The smallest absolute Gasteiger partial charge is 0.0900 e. The molecular formula is C15H25N3S. The van der Waals surface area contributed by atoms with Gasteiger partial charge in [0.2, 0.25) is 0 Å². The highest BCUT2D eigenvalue weighted by Gasteiger charge is 2.40. The van der Waals surface area contributed by atoms with E-state index in [1.54, 1.807) is 0 Å². The number of nitrogens with two attached hydrogens (primary N) is 1. The van der Waals surface area contributed by atoms with Crippen molar-refractivity contribution in [2.45, 2.75) is 52.1 Å². The summed E-state index contributed by atoms with van der Waals surface area (Å²) in [5.41, 5.74) is 7.54. The summed E-state index contributed by atoms with van der Waals surface area (Å²) in [6, 6.07) is 0.934. The number of aryl methyl sites for hydroxylation is 2. The van der Waals surface area contributed by atoms with Gasteiger partial charge in [0.1, 0.15) is 0 Å². The minimum absolute atomic E-state index is 0.431. The summed E-state index contributed by atoms with van der Waals surface area (Å²) in [7, 11) is 0. The molecule has 0 bridgehead atoms. The van der Waals surface area contributed by atoms with E-state index >= 15 is 0 Å². The van der Waals surface area contributed by atoms with Gasteiger partial charge in [0, 0.05) is 30.1 Å². The van der Waals surface area contributed by atoms with E-state index in [0.717, 1.165) is 11.8 Å². The summed E-state index contributed by atoms with van der Waals surface area (Å²) in [6.45, 7) is 9.00. The van der Waals surface area contributed by atoms with Crippen molar-refractivity contribution in [3.8, 4) is 0 Å². The Morgan fingerprint density at radius 1 is 1.32 bits per heavy atom. The van der Waals surface area contributed by atoms with Gasteiger partial charge < -0.3 is 5.73 Å². The van der Waals surface area contributed by atoms with Crippen LogP contribution in [0.3, 0.4) is 0 Å². The summed E-state index contributed by atoms with van der Waals surface area (Å²) in [6.07, 6.45) is 3.92. The van der Waals surface area contributed by atoms with Crippen LogP contribution in [0.15, 0.2) is 0 Å². The van der Waals surface area contributed by atoms with Crippen LogP contribution in [0.5, 0.6) is 0 Å². The summed E-state index contributed by atoms with van der Waals surface area (Å²) >= 11 is 1.86. The zero-order valence-electron chi connectivity index (χ0n) is 12.2. The van der Waals surface area contributed by atoms with Gasteiger partial charge in [0.15, 0.2) is 0 Å². The summed E-state index contributed by atoms with van der Waals surface area (Å²) in [5, 5.41) is 1.19. The molecule has 0 amide bonds. The van der Waals surface area contributed by atoms with E-state index in [-0.39, 0.29) is 0 Å². The average Bonchev–Trinajstić information content (AvgIpc) is 2.93. The third-order valence-corrected chi connectivity index (χ3v) is 6.29. The van der Waals surface area contributed by atoms with Crippen molar-refractivity contribution in [2.75, 3.05) is 13.1 Å². The molecule has 2 aliphatic rings. The van der Waals surface area contributed by atoms with Crippen LogP contribution in [-0.4, -0.2) is 29.0 Å². The second-order valence-corrected chi connectivity index (χ2v) is 7.57. The number of nitrogens with zero attached hydrogens (tertiary/aromatic N) is 2. The number of hydrogen-bond acceptors (Lipinski definition) is 4. The Hall–Kier alpha value is -0.450. The van der Waals surface area contributed by atoms with E-state index in [4.69, 9.17) is 5.73 Å².